The summed E-state index contributed by atoms with van der Waals surface area (Å²) in [6.45, 7) is 3.90. The van der Waals surface area contributed by atoms with Crippen LogP contribution in [0, 0.1) is 13.8 Å². The average Bonchev–Trinajstić information content (AvgIpc) is 2.34. The molecule has 1 heterocycles. The van der Waals surface area contributed by atoms with Crippen LogP contribution < -0.4 is 5.32 Å². The number of nitrogens with one attached hydrogen (secondary N) is 1. The molecule has 1 N–H and O–H groups in total. The number of halogens is 1. The van der Waals surface area contributed by atoms with Gasteiger partial charge in [-0.3, -0.25) is 0 Å². The van der Waals surface area contributed by atoms with Gasteiger partial charge in [-0.15, -0.1) is 0 Å². The lowest BCUT2D eigenvalue weighted by molar-refractivity contribution is 0.962. The molecular formula is C14H16ClN3. The Hall–Kier alpha value is -1.61. The molecule has 0 aliphatic rings. The van der Waals surface area contributed by atoms with Crippen LogP contribution in [0.2, 0.25) is 5.02 Å². The van der Waals surface area contributed by atoms with Gasteiger partial charge in [0.15, 0.2) is 0 Å². The van der Waals surface area contributed by atoms with Crippen molar-refractivity contribution in [2.45, 2.75) is 20.3 Å². The zero-order valence-corrected chi connectivity index (χ0v) is 11.5. The van der Waals surface area contributed by atoms with Crippen LogP contribution in [0.1, 0.15) is 22.6 Å². The summed E-state index contributed by atoms with van der Waals surface area (Å²) < 4.78 is 0. The first-order valence-electron chi connectivity index (χ1n) is 5.87. The molecule has 0 fully saturated rings. The van der Waals surface area contributed by atoms with Crippen LogP contribution in [0.5, 0.6) is 0 Å². The number of aromatic nitrogens is 2. The van der Waals surface area contributed by atoms with Crippen LogP contribution in [0.25, 0.3) is 0 Å². The average molecular weight is 262 g/mol. The molecule has 0 unspecified atom stereocenters. The third kappa shape index (κ3) is 2.62. The van der Waals surface area contributed by atoms with Crippen molar-refractivity contribution in [3.8, 4) is 0 Å². The van der Waals surface area contributed by atoms with Gasteiger partial charge in [0.1, 0.15) is 11.6 Å². The predicted octanol–water partition coefficient (Wildman–Crippen LogP) is 3.38. The largest absolute Gasteiger partial charge is 0.373 e. The summed E-state index contributed by atoms with van der Waals surface area (Å²) in [7, 11) is 1.87. The second-order valence-corrected chi connectivity index (χ2v) is 4.61. The fourth-order valence-electron chi connectivity index (χ4n) is 1.99. The number of hydrogen-bond donors (Lipinski definition) is 1. The molecule has 2 rings (SSSR count). The Balaban J connectivity index is 2.43. The number of benzene rings is 1. The normalized spacial score (nSPS) is 10.4. The second-order valence-electron chi connectivity index (χ2n) is 4.20. The Morgan fingerprint density at radius 3 is 2.56 bits per heavy atom. The Morgan fingerprint density at radius 2 is 1.89 bits per heavy atom. The molecule has 0 saturated carbocycles. The van der Waals surface area contributed by atoms with Crippen molar-refractivity contribution >= 4 is 17.4 Å². The molecule has 0 bridgehead atoms. The van der Waals surface area contributed by atoms with Crippen LogP contribution in [0.4, 0.5) is 5.82 Å². The maximum atomic E-state index is 6.19. The van der Waals surface area contributed by atoms with E-state index in [9.17, 15) is 0 Å². The van der Waals surface area contributed by atoms with Crippen LogP contribution in [-0.2, 0) is 6.42 Å². The number of aryl methyl sites for hydroxylation is 2. The van der Waals surface area contributed by atoms with Crippen LogP contribution >= 0.6 is 11.6 Å². The van der Waals surface area contributed by atoms with E-state index in [-0.39, 0.29) is 0 Å². The molecule has 0 aliphatic carbocycles. The first kappa shape index (κ1) is 12.8. The molecule has 1 aromatic carbocycles. The maximum absolute atomic E-state index is 6.19. The number of anilines is 1. The van der Waals surface area contributed by atoms with Gasteiger partial charge in [-0.2, -0.15) is 0 Å². The fraction of sp³-hybridized carbons (Fsp3) is 0.286. The highest BCUT2D eigenvalue weighted by molar-refractivity contribution is 6.31. The van der Waals surface area contributed by atoms with Gasteiger partial charge >= 0.3 is 0 Å². The van der Waals surface area contributed by atoms with Crippen LogP contribution in [0.15, 0.2) is 24.3 Å². The molecule has 0 radical (unpaired) electrons. The van der Waals surface area contributed by atoms with Gasteiger partial charge in [0.05, 0.1) is 0 Å². The lowest BCUT2D eigenvalue weighted by Gasteiger charge is -2.12. The summed E-state index contributed by atoms with van der Waals surface area (Å²) in [5, 5.41) is 3.90. The molecule has 3 nitrogen and oxygen atoms in total. The summed E-state index contributed by atoms with van der Waals surface area (Å²) in [5.41, 5.74) is 3.18. The predicted molar refractivity (Wildman–Crippen MR) is 75.3 cm³/mol. The highest BCUT2D eigenvalue weighted by Gasteiger charge is 2.11. The van der Waals surface area contributed by atoms with E-state index in [1.807, 2.05) is 45.2 Å². The Kier molecular flexibility index (Phi) is 3.82. The summed E-state index contributed by atoms with van der Waals surface area (Å²) in [6.07, 6.45) is 0.738. The van der Waals surface area contributed by atoms with Crippen molar-refractivity contribution in [3.05, 3.63) is 51.9 Å². The molecule has 0 amide bonds. The Morgan fingerprint density at radius 1 is 1.17 bits per heavy atom. The second kappa shape index (κ2) is 5.36. The number of rotatable bonds is 3. The number of nitrogens with zero attached hydrogens (tertiary/aromatic N) is 2. The highest BCUT2D eigenvalue weighted by atomic mass is 35.5. The van der Waals surface area contributed by atoms with Gasteiger partial charge in [0.2, 0.25) is 0 Å². The molecule has 0 spiro atoms. The van der Waals surface area contributed by atoms with Crippen LogP contribution in [0.3, 0.4) is 0 Å². The monoisotopic (exact) mass is 261 g/mol. The summed E-state index contributed by atoms with van der Waals surface area (Å²) in [5.74, 6) is 1.65. The van der Waals surface area contributed by atoms with Crippen molar-refractivity contribution in [1.29, 1.82) is 0 Å². The molecule has 1 aromatic heterocycles. The van der Waals surface area contributed by atoms with Crippen molar-refractivity contribution in [1.82, 2.24) is 9.97 Å². The zero-order chi connectivity index (χ0) is 13.1. The van der Waals surface area contributed by atoms with E-state index in [0.717, 1.165) is 39.9 Å². The van der Waals surface area contributed by atoms with Gasteiger partial charge in [0.25, 0.3) is 0 Å². The van der Waals surface area contributed by atoms with E-state index in [4.69, 9.17) is 11.6 Å². The molecule has 0 saturated heterocycles. The zero-order valence-electron chi connectivity index (χ0n) is 10.8. The third-order valence-electron chi connectivity index (χ3n) is 2.89. The quantitative estimate of drug-likeness (QED) is 0.920. The summed E-state index contributed by atoms with van der Waals surface area (Å²) in [6, 6.07) is 7.86. The van der Waals surface area contributed by atoms with E-state index >= 15 is 0 Å². The topological polar surface area (TPSA) is 37.8 Å². The SMILES string of the molecule is CNc1nc(C)nc(C)c1Cc1ccccc1Cl. The van der Waals surface area contributed by atoms with Crippen LogP contribution in [-0.4, -0.2) is 17.0 Å². The Labute approximate surface area is 112 Å². The molecule has 94 valence electrons. The fourth-order valence-corrected chi connectivity index (χ4v) is 2.19. The summed E-state index contributed by atoms with van der Waals surface area (Å²) in [4.78, 5) is 8.83. The molecule has 0 aliphatic heterocycles. The molecular weight excluding hydrogens is 246 g/mol. The first-order chi connectivity index (χ1) is 8.61. The summed E-state index contributed by atoms with van der Waals surface area (Å²) >= 11 is 6.19. The first-order valence-corrected chi connectivity index (χ1v) is 6.25. The minimum Gasteiger partial charge on any atom is -0.373 e. The van der Waals surface area contributed by atoms with Crippen molar-refractivity contribution in [3.63, 3.8) is 0 Å². The van der Waals surface area contributed by atoms with Gasteiger partial charge in [-0.1, -0.05) is 29.8 Å². The minimum atomic E-state index is 0.738. The molecule has 0 atom stereocenters. The minimum absolute atomic E-state index is 0.738. The molecule has 18 heavy (non-hydrogen) atoms. The number of hydrogen-bond acceptors (Lipinski definition) is 3. The molecule has 2 aromatic rings. The maximum Gasteiger partial charge on any atom is 0.133 e. The standard InChI is InChI=1S/C14H16ClN3/c1-9-12(14(16-3)18-10(2)17-9)8-11-6-4-5-7-13(11)15/h4-7H,8H2,1-3H3,(H,16,17,18). The van der Waals surface area contributed by atoms with Gasteiger partial charge < -0.3 is 5.32 Å². The highest BCUT2D eigenvalue weighted by Crippen LogP contribution is 2.24. The molecule has 4 heteroatoms. The van der Waals surface area contributed by atoms with E-state index in [0.29, 0.717) is 0 Å². The van der Waals surface area contributed by atoms with Crippen molar-refractivity contribution in [2.24, 2.45) is 0 Å². The van der Waals surface area contributed by atoms with E-state index < -0.39 is 0 Å². The van der Waals surface area contributed by atoms with E-state index in [1.54, 1.807) is 0 Å². The van der Waals surface area contributed by atoms with Crippen molar-refractivity contribution in [2.75, 3.05) is 12.4 Å². The third-order valence-corrected chi connectivity index (χ3v) is 3.26. The smallest absolute Gasteiger partial charge is 0.133 e. The van der Waals surface area contributed by atoms with E-state index in [2.05, 4.69) is 15.3 Å². The van der Waals surface area contributed by atoms with Gasteiger partial charge in [0, 0.05) is 29.7 Å². The van der Waals surface area contributed by atoms with E-state index in [1.165, 1.54) is 0 Å². The van der Waals surface area contributed by atoms with Gasteiger partial charge in [-0.25, -0.2) is 9.97 Å². The lowest BCUT2D eigenvalue weighted by Crippen LogP contribution is -2.06. The Bertz CT molecular complexity index is 567. The van der Waals surface area contributed by atoms with Crippen molar-refractivity contribution < 1.29 is 0 Å². The van der Waals surface area contributed by atoms with Gasteiger partial charge in [-0.05, 0) is 25.5 Å². The lowest BCUT2D eigenvalue weighted by atomic mass is 10.0.